The topological polar surface area (TPSA) is 50.7 Å². The van der Waals surface area contributed by atoms with Crippen LogP contribution in [0.15, 0.2) is 28.5 Å². The molecule has 0 saturated heterocycles. The van der Waals surface area contributed by atoms with Crippen molar-refractivity contribution in [3.8, 4) is 0 Å². The van der Waals surface area contributed by atoms with Gasteiger partial charge in [-0.05, 0) is 6.92 Å². The van der Waals surface area contributed by atoms with Crippen molar-refractivity contribution in [1.82, 2.24) is 0 Å². The van der Waals surface area contributed by atoms with Crippen molar-refractivity contribution in [2.45, 2.75) is 20.8 Å². The minimum atomic E-state index is 0.286. The molecule has 0 spiro atoms. The van der Waals surface area contributed by atoms with Crippen molar-refractivity contribution in [2.75, 3.05) is 0 Å². The van der Waals surface area contributed by atoms with Crippen molar-refractivity contribution in [3.05, 3.63) is 18.5 Å². The number of hydrogen-bond acceptors (Lipinski definition) is 2. The van der Waals surface area contributed by atoms with E-state index in [0.717, 1.165) is 5.84 Å². The van der Waals surface area contributed by atoms with Gasteiger partial charge in [-0.3, -0.25) is 0 Å². The minimum absolute atomic E-state index is 0.286. The molecule has 3 nitrogen and oxygen atoms in total. The molecule has 0 aromatic carbocycles. The third-order valence-electron chi connectivity index (χ3n) is 1.13. The van der Waals surface area contributed by atoms with Crippen molar-refractivity contribution in [3.63, 3.8) is 0 Å². The van der Waals surface area contributed by atoms with Gasteiger partial charge in [0.25, 0.3) is 0 Å². The number of nitrogens with two attached hydrogens (primary N) is 1. The van der Waals surface area contributed by atoms with Gasteiger partial charge in [-0.15, -0.1) is 0 Å². The highest BCUT2D eigenvalue weighted by Crippen LogP contribution is 1.98. The van der Waals surface area contributed by atoms with Crippen LogP contribution in [0.5, 0.6) is 0 Å². The fraction of sp³-hybridized carbons (Fsp3) is 0.444. The molecule has 0 radical (unpaired) electrons. The maximum atomic E-state index is 5.10. The smallest absolute Gasteiger partial charge is 0.140 e. The molecule has 0 heterocycles. The average Bonchev–Trinajstić information content (AvgIpc) is 2.04. The summed E-state index contributed by atoms with van der Waals surface area (Å²) in [7, 11) is 0. The number of nitrogens with zero attached hydrogens (tertiary/aromatic N) is 2. The maximum absolute atomic E-state index is 5.10. The monoisotopic (exact) mass is 165 g/mol. The SMILES string of the molecule is C/C=C\N=C(N=C=CN)C(C)C. The van der Waals surface area contributed by atoms with E-state index in [1.165, 1.54) is 6.20 Å². The van der Waals surface area contributed by atoms with E-state index in [4.69, 9.17) is 5.73 Å². The fourth-order valence-electron chi connectivity index (χ4n) is 0.561. The normalized spacial score (nSPS) is 11.8. The van der Waals surface area contributed by atoms with Crippen molar-refractivity contribution in [2.24, 2.45) is 21.6 Å². The first kappa shape index (κ1) is 10.7. The Hall–Kier alpha value is -1.34. The number of hydrogen-bond donors (Lipinski definition) is 1. The lowest BCUT2D eigenvalue weighted by Crippen LogP contribution is -2.03. The van der Waals surface area contributed by atoms with Gasteiger partial charge in [0.1, 0.15) is 5.84 Å². The van der Waals surface area contributed by atoms with Crippen LogP contribution in [0.25, 0.3) is 0 Å². The first-order valence-corrected chi connectivity index (χ1v) is 3.91. The second-order valence-electron chi connectivity index (χ2n) is 2.53. The van der Waals surface area contributed by atoms with Crippen LogP contribution in [0.2, 0.25) is 0 Å². The largest absolute Gasteiger partial charge is 0.397 e. The van der Waals surface area contributed by atoms with E-state index < -0.39 is 0 Å². The van der Waals surface area contributed by atoms with Crippen LogP contribution >= 0.6 is 0 Å². The lowest BCUT2D eigenvalue weighted by molar-refractivity contribution is 0.873. The van der Waals surface area contributed by atoms with Gasteiger partial charge in [-0.2, -0.15) is 4.99 Å². The summed E-state index contributed by atoms with van der Waals surface area (Å²) in [5.41, 5.74) is 5.10. The van der Waals surface area contributed by atoms with Crippen molar-refractivity contribution >= 4 is 11.7 Å². The second kappa shape index (κ2) is 6.38. The molecule has 0 rings (SSSR count). The van der Waals surface area contributed by atoms with Crippen LogP contribution in [0.1, 0.15) is 20.8 Å². The Labute approximate surface area is 73.4 Å². The number of allylic oxidation sites excluding steroid dienone is 1. The summed E-state index contributed by atoms with van der Waals surface area (Å²) in [4.78, 5) is 8.06. The van der Waals surface area contributed by atoms with E-state index >= 15 is 0 Å². The third-order valence-corrected chi connectivity index (χ3v) is 1.13. The zero-order chi connectivity index (χ0) is 9.40. The van der Waals surface area contributed by atoms with Gasteiger partial charge in [0.15, 0.2) is 0 Å². The van der Waals surface area contributed by atoms with Crippen LogP contribution in [-0.4, -0.2) is 11.7 Å². The Bertz CT molecular complexity index is 230. The molecule has 0 aliphatic carbocycles. The molecule has 0 aromatic heterocycles. The molecule has 0 aliphatic rings. The summed E-state index contributed by atoms with van der Waals surface area (Å²) < 4.78 is 0. The predicted molar refractivity (Wildman–Crippen MR) is 53.3 cm³/mol. The molecule has 0 aliphatic heterocycles. The van der Waals surface area contributed by atoms with Gasteiger partial charge in [-0.1, -0.05) is 19.9 Å². The average molecular weight is 165 g/mol. The summed E-state index contributed by atoms with van der Waals surface area (Å²) in [5.74, 6) is 3.57. The Morgan fingerprint density at radius 3 is 2.58 bits per heavy atom. The summed E-state index contributed by atoms with van der Waals surface area (Å²) >= 11 is 0. The molecule has 0 aromatic rings. The Morgan fingerprint density at radius 2 is 2.17 bits per heavy atom. The third kappa shape index (κ3) is 4.47. The molecule has 3 heteroatoms. The van der Waals surface area contributed by atoms with Crippen molar-refractivity contribution < 1.29 is 0 Å². The zero-order valence-electron chi connectivity index (χ0n) is 7.78. The van der Waals surface area contributed by atoms with Crippen LogP contribution in [0.3, 0.4) is 0 Å². The van der Waals surface area contributed by atoms with Crippen LogP contribution in [0, 0.1) is 5.92 Å². The second-order valence-corrected chi connectivity index (χ2v) is 2.53. The van der Waals surface area contributed by atoms with Crippen LogP contribution in [0.4, 0.5) is 0 Å². The highest BCUT2D eigenvalue weighted by molar-refractivity contribution is 5.90. The molecule has 66 valence electrons. The van der Waals surface area contributed by atoms with Gasteiger partial charge in [-0.25, -0.2) is 4.99 Å². The summed E-state index contributed by atoms with van der Waals surface area (Å²) in [5, 5.41) is 0. The molecule has 2 N–H and O–H groups in total. The van der Waals surface area contributed by atoms with Gasteiger partial charge in [0, 0.05) is 18.0 Å². The zero-order valence-corrected chi connectivity index (χ0v) is 7.78. The molecule has 0 fully saturated rings. The Morgan fingerprint density at radius 1 is 1.50 bits per heavy atom. The summed E-state index contributed by atoms with van der Waals surface area (Å²) in [6.45, 7) is 5.94. The summed E-state index contributed by atoms with van der Waals surface area (Å²) in [6.07, 6.45) is 4.83. The first-order valence-electron chi connectivity index (χ1n) is 3.91. The van der Waals surface area contributed by atoms with Crippen LogP contribution < -0.4 is 5.73 Å². The van der Waals surface area contributed by atoms with Crippen LogP contribution in [-0.2, 0) is 0 Å². The molecular weight excluding hydrogens is 150 g/mol. The fourth-order valence-corrected chi connectivity index (χ4v) is 0.561. The van der Waals surface area contributed by atoms with Gasteiger partial charge < -0.3 is 5.73 Å². The van der Waals surface area contributed by atoms with Gasteiger partial charge in [0.05, 0.1) is 6.20 Å². The van der Waals surface area contributed by atoms with E-state index in [0.29, 0.717) is 0 Å². The highest BCUT2D eigenvalue weighted by atomic mass is 14.9. The quantitative estimate of drug-likeness (QED) is 0.491. The molecule has 0 bridgehead atoms. The molecule has 0 unspecified atom stereocenters. The Balaban J connectivity index is 4.55. The lowest BCUT2D eigenvalue weighted by atomic mass is 10.2. The number of amidine groups is 1. The lowest BCUT2D eigenvalue weighted by Gasteiger charge is -1.99. The first-order chi connectivity index (χ1) is 5.72. The van der Waals surface area contributed by atoms with E-state index in [-0.39, 0.29) is 5.92 Å². The standard InChI is InChI=1S/C9H15N3/c1-4-6-11-9(8(2)3)12-7-5-10/h4-6,8H,10H2,1-3H3/b6-4-,11-9?. The molecule has 0 saturated carbocycles. The summed E-state index contributed by atoms with van der Waals surface area (Å²) in [6, 6.07) is 0. The molecule has 0 amide bonds. The maximum Gasteiger partial charge on any atom is 0.140 e. The van der Waals surface area contributed by atoms with E-state index in [2.05, 4.69) is 15.9 Å². The van der Waals surface area contributed by atoms with Crippen molar-refractivity contribution in [1.29, 1.82) is 0 Å². The van der Waals surface area contributed by atoms with E-state index in [9.17, 15) is 0 Å². The molecular formula is C9H15N3. The van der Waals surface area contributed by atoms with E-state index in [1.807, 2.05) is 26.8 Å². The number of rotatable bonds is 2. The number of aliphatic imine (C=N–C) groups is 2. The minimum Gasteiger partial charge on any atom is -0.397 e. The molecule has 12 heavy (non-hydrogen) atoms. The van der Waals surface area contributed by atoms with Gasteiger partial charge in [0.2, 0.25) is 0 Å². The van der Waals surface area contributed by atoms with Gasteiger partial charge >= 0.3 is 0 Å². The van der Waals surface area contributed by atoms with E-state index in [1.54, 1.807) is 6.20 Å². The molecule has 0 atom stereocenters. The Kier molecular flexibility index (Phi) is 5.66. The highest BCUT2D eigenvalue weighted by Gasteiger charge is 1.99. The predicted octanol–water partition coefficient (Wildman–Crippen LogP) is 1.72.